The molecule has 2 aromatic rings. The second-order valence-electron chi connectivity index (χ2n) is 16.8. The highest BCUT2D eigenvalue weighted by Crippen LogP contribution is 2.31. The lowest BCUT2D eigenvalue weighted by atomic mass is 9.90. The van der Waals surface area contributed by atoms with Crippen molar-refractivity contribution in [2.75, 3.05) is 36.0 Å². The highest BCUT2D eigenvalue weighted by Gasteiger charge is 2.32. The van der Waals surface area contributed by atoms with Gasteiger partial charge in [-0.3, -0.25) is 39.4 Å². The van der Waals surface area contributed by atoms with E-state index < -0.39 is 11.2 Å². The van der Waals surface area contributed by atoms with Crippen LogP contribution in [0, 0.1) is 11.8 Å². The first kappa shape index (κ1) is 40.4. The Kier molecular flexibility index (Phi) is 12.9. The summed E-state index contributed by atoms with van der Waals surface area (Å²) < 4.78 is 11.0. The minimum absolute atomic E-state index is 0.0387. The normalized spacial score (nSPS) is 21.7. The van der Waals surface area contributed by atoms with Gasteiger partial charge in [0.05, 0.1) is 23.7 Å². The van der Waals surface area contributed by atoms with Crippen LogP contribution in [0.5, 0.6) is 0 Å². The highest BCUT2D eigenvalue weighted by molar-refractivity contribution is 6.01. The summed E-state index contributed by atoms with van der Waals surface area (Å²) >= 11 is 0. The van der Waals surface area contributed by atoms with Crippen LogP contribution in [0.4, 0.5) is 11.4 Å². The van der Waals surface area contributed by atoms with Crippen molar-refractivity contribution in [2.45, 2.75) is 116 Å². The summed E-state index contributed by atoms with van der Waals surface area (Å²) in [5.74, 6) is -1.60. The largest absolute Gasteiger partial charge is 0.460 e. The molecular weight excluding hydrogens is 688 g/mol. The predicted molar refractivity (Wildman–Crippen MR) is 205 cm³/mol. The molecule has 0 aliphatic carbocycles. The van der Waals surface area contributed by atoms with E-state index in [2.05, 4.69) is 20.4 Å². The number of hydrogen-bond donors (Lipinski definition) is 2. The van der Waals surface area contributed by atoms with Crippen LogP contribution >= 0.6 is 0 Å². The van der Waals surface area contributed by atoms with Crippen LogP contribution in [0.25, 0.3) is 0 Å². The fraction of sp³-hybridized carbons (Fsp3) is 0.571. The Bertz CT molecular complexity index is 1550. The number of anilines is 2. The minimum atomic E-state index is -0.444. The second-order valence-corrected chi connectivity index (χ2v) is 16.8. The Morgan fingerprint density at radius 1 is 0.537 bits per heavy atom. The SMILES string of the molecule is CC(C)(C)OC(=O)C1CCN(c2ccc([C@H]3CCC(=O)NC3=O)cc2)CC1.CC(C)(C)OC(=O)C1CCN(c2ccc([C@H]3CCC(=O)NC3=O)cc2)CC1. The van der Waals surface area contributed by atoms with Crippen molar-refractivity contribution in [3.63, 3.8) is 0 Å². The molecule has 4 fully saturated rings. The number of imide groups is 2. The van der Waals surface area contributed by atoms with Gasteiger partial charge in [0.15, 0.2) is 0 Å². The van der Waals surface area contributed by atoms with Gasteiger partial charge in [-0.15, -0.1) is 0 Å². The summed E-state index contributed by atoms with van der Waals surface area (Å²) in [7, 11) is 0. The fourth-order valence-electron chi connectivity index (χ4n) is 7.38. The van der Waals surface area contributed by atoms with Crippen molar-refractivity contribution >= 4 is 46.9 Å². The van der Waals surface area contributed by atoms with Gasteiger partial charge in [0.2, 0.25) is 23.6 Å². The molecular formula is C42H56N4O8. The van der Waals surface area contributed by atoms with Crippen LogP contribution < -0.4 is 20.4 Å². The molecule has 0 saturated carbocycles. The lowest BCUT2D eigenvalue weighted by Crippen LogP contribution is -2.39. The van der Waals surface area contributed by atoms with Crippen LogP contribution in [0.15, 0.2) is 48.5 Å². The van der Waals surface area contributed by atoms with E-state index in [0.717, 1.165) is 74.4 Å². The monoisotopic (exact) mass is 744 g/mol. The number of amides is 4. The van der Waals surface area contributed by atoms with E-state index in [4.69, 9.17) is 9.47 Å². The Morgan fingerprint density at radius 3 is 1.13 bits per heavy atom. The molecule has 2 aromatic carbocycles. The summed E-state index contributed by atoms with van der Waals surface area (Å²) in [5.41, 5.74) is 3.17. The van der Waals surface area contributed by atoms with Gasteiger partial charge >= 0.3 is 11.9 Å². The van der Waals surface area contributed by atoms with E-state index in [0.29, 0.717) is 25.7 Å². The number of hydrogen-bond acceptors (Lipinski definition) is 10. The van der Waals surface area contributed by atoms with Gasteiger partial charge in [-0.2, -0.15) is 0 Å². The number of rotatable bonds is 6. The molecule has 54 heavy (non-hydrogen) atoms. The molecule has 6 rings (SSSR count). The standard InChI is InChI=1S/2C21H28N2O4/c2*1-21(2,3)27-20(26)15-10-12-23(13-11-15)16-6-4-14(5-7-16)17-8-9-18(24)22-19(17)25/h2*4-7,15,17H,8-13H2,1-3H3,(H,22,24,25)/t2*17-/m11/s1. The number of carbonyl (C=O) groups is 6. The maximum Gasteiger partial charge on any atom is 0.309 e. The smallest absolute Gasteiger partial charge is 0.309 e. The molecule has 0 radical (unpaired) electrons. The van der Waals surface area contributed by atoms with Gasteiger partial charge in [0.25, 0.3) is 0 Å². The Morgan fingerprint density at radius 2 is 0.852 bits per heavy atom. The summed E-state index contributed by atoms with van der Waals surface area (Å²) in [6.45, 7) is 14.6. The van der Waals surface area contributed by atoms with Crippen LogP contribution in [0.2, 0.25) is 0 Å². The van der Waals surface area contributed by atoms with Crippen LogP contribution in [0.3, 0.4) is 0 Å². The van der Waals surface area contributed by atoms with E-state index in [1.807, 2.05) is 90.1 Å². The Hall–Kier alpha value is -4.74. The number of benzene rings is 2. The van der Waals surface area contributed by atoms with E-state index in [9.17, 15) is 28.8 Å². The number of piperidine rings is 4. The van der Waals surface area contributed by atoms with Crippen molar-refractivity contribution in [1.29, 1.82) is 0 Å². The molecule has 2 N–H and O–H groups in total. The minimum Gasteiger partial charge on any atom is -0.460 e. The third-order valence-electron chi connectivity index (χ3n) is 10.3. The molecule has 2 atom stereocenters. The van der Waals surface area contributed by atoms with Crippen LogP contribution in [-0.4, -0.2) is 72.9 Å². The van der Waals surface area contributed by atoms with Gasteiger partial charge in [-0.05, 0) is 115 Å². The first-order valence-electron chi connectivity index (χ1n) is 19.3. The first-order valence-corrected chi connectivity index (χ1v) is 19.3. The number of esters is 2. The van der Waals surface area contributed by atoms with E-state index in [1.165, 1.54) is 0 Å². The first-order chi connectivity index (χ1) is 25.5. The zero-order valence-corrected chi connectivity index (χ0v) is 32.6. The predicted octanol–water partition coefficient (Wildman–Crippen LogP) is 5.53. The Labute approximate surface area is 318 Å². The van der Waals surface area contributed by atoms with Crippen molar-refractivity contribution in [3.8, 4) is 0 Å². The Balaban J connectivity index is 0.000000208. The van der Waals surface area contributed by atoms with E-state index in [1.54, 1.807) is 0 Å². The second kappa shape index (κ2) is 17.2. The summed E-state index contributed by atoms with van der Waals surface area (Å²) in [5, 5.41) is 4.81. The number of nitrogens with zero attached hydrogens (tertiary/aromatic N) is 2. The molecule has 4 heterocycles. The van der Waals surface area contributed by atoms with E-state index >= 15 is 0 Å². The number of ether oxygens (including phenoxy) is 2. The van der Waals surface area contributed by atoms with Gasteiger partial charge in [-0.1, -0.05) is 24.3 Å². The van der Waals surface area contributed by atoms with Crippen LogP contribution in [0.1, 0.15) is 116 Å². The summed E-state index contributed by atoms with van der Waals surface area (Å²) in [4.78, 5) is 75.6. The number of nitrogens with one attached hydrogen (secondary N) is 2. The topological polar surface area (TPSA) is 151 Å². The van der Waals surface area contributed by atoms with Gasteiger partial charge in [-0.25, -0.2) is 0 Å². The van der Waals surface area contributed by atoms with Gasteiger partial charge in [0.1, 0.15) is 11.2 Å². The molecule has 0 bridgehead atoms. The molecule has 4 amide bonds. The number of carbonyl (C=O) groups excluding carboxylic acids is 6. The van der Waals surface area contributed by atoms with Crippen molar-refractivity contribution in [3.05, 3.63) is 59.7 Å². The fourth-order valence-corrected chi connectivity index (χ4v) is 7.38. The third kappa shape index (κ3) is 11.1. The molecule has 292 valence electrons. The van der Waals surface area contributed by atoms with Crippen LogP contribution in [-0.2, 0) is 38.2 Å². The maximum atomic E-state index is 12.2. The zero-order chi connectivity index (χ0) is 39.2. The third-order valence-corrected chi connectivity index (χ3v) is 10.3. The molecule has 0 spiro atoms. The van der Waals surface area contributed by atoms with Crippen molar-refractivity contribution < 1.29 is 38.2 Å². The summed E-state index contributed by atoms with van der Waals surface area (Å²) in [6.07, 6.45) is 5.02. The lowest BCUT2D eigenvalue weighted by molar-refractivity contribution is -0.161. The summed E-state index contributed by atoms with van der Waals surface area (Å²) in [6, 6.07) is 16.0. The van der Waals surface area contributed by atoms with Crippen molar-refractivity contribution in [2.24, 2.45) is 11.8 Å². The highest BCUT2D eigenvalue weighted by atomic mass is 16.6. The van der Waals surface area contributed by atoms with Gasteiger partial charge in [0, 0.05) is 50.4 Å². The van der Waals surface area contributed by atoms with Gasteiger partial charge < -0.3 is 19.3 Å². The molecule has 12 nitrogen and oxygen atoms in total. The quantitative estimate of drug-likeness (QED) is 0.286. The average molecular weight is 745 g/mol. The molecule has 0 aromatic heterocycles. The lowest BCUT2D eigenvalue weighted by Gasteiger charge is -2.34. The van der Waals surface area contributed by atoms with Crippen molar-refractivity contribution in [1.82, 2.24) is 10.6 Å². The maximum absolute atomic E-state index is 12.2. The molecule has 12 heteroatoms. The van der Waals surface area contributed by atoms with E-state index in [-0.39, 0.29) is 59.2 Å². The molecule has 4 aliphatic rings. The average Bonchev–Trinajstić information content (AvgIpc) is 3.11. The molecule has 4 aliphatic heterocycles. The molecule has 0 unspecified atom stereocenters. The zero-order valence-electron chi connectivity index (χ0n) is 32.6. The molecule has 4 saturated heterocycles.